The van der Waals surface area contributed by atoms with Crippen molar-refractivity contribution in [2.24, 2.45) is 0 Å². The van der Waals surface area contributed by atoms with Gasteiger partial charge in [0.15, 0.2) is 0 Å². The Hall–Kier alpha value is -1.18. The van der Waals surface area contributed by atoms with Crippen molar-refractivity contribution in [2.45, 2.75) is 19.8 Å². The van der Waals surface area contributed by atoms with Crippen LogP contribution in [0, 0.1) is 0 Å². The van der Waals surface area contributed by atoms with Crippen LogP contribution in [0.4, 0.5) is 11.4 Å². The Balaban J connectivity index is 3.09. The van der Waals surface area contributed by atoms with Gasteiger partial charge in [-0.1, -0.05) is 19.9 Å². The van der Waals surface area contributed by atoms with Gasteiger partial charge in [-0.2, -0.15) is 0 Å². The van der Waals surface area contributed by atoms with Crippen LogP contribution in [-0.4, -0.2) is 0 Å². The molecule has 0 spiro atoms. The van der Waals surface area contributed by atoms with Crippen molar-refractivity contribution < 1.29 is 0 Å². The summed E-state index contributed by atoms with van der Waals surface area (Å²) < 4.78 is 0. The summed E-state index contributed by atoms with van der Waals surface area (Å²) in [6, 6.07) is 5.66. The van der Waals surface area contributed by atoms with Crippen LogP contribution in [0.5, 0.6) is 0 Å². The van der Waals surface area contributed by atoms with Crippen molar-refractivity contribution in [3.8, 4) is 0 Å². The van der Waals surface area contributed by atoms with E-state index >= 15 is 0 Å². The molecule has 2 heteroatoms. The molecule has 0 amide bonds. The van der Waals surface area contributed by atoms with E-state index in [-0.39, 0.29) is 0 Å². The summed E-state index contributed by atoms with van der Waals surface area (Å²) in [4.78, 5) is 0. The predicted octanol–water partition coefficient (Wildman–Crippen LogP) is 1.97. The minimum Gasteiger partial charge on any atom is -0.399 e. The van der Waals surface area contributed by atoms with E-state index in [1.54, 1.807) is 6.07 Å². The Morgan fingerprint density at radius 3 is 2.27 bits per heavy atom. The zero-order valence-electron chi connectivity index (χ0n) is 6.96. The van der Waals surface area contributed by atoms with Gasteiger partial charge in [0.05, 0.1) is 0 Å². The minimum atomic E-state index is 0.468. The fourth-order valence-electron chi connectivity index (χ4n) is 1.12. The normalized spacial score (nSPS) is 10.5. The molecular weight excluding hydrogens is 136 g/mol. The number of hydrogen-bond acceptors (Lipinski definition) is 2. The van der Waals surface area contributed by atoms with E-state index in [0.717, 1.165) is 11.4 Å². The van der Waals surface area contributed by atoms with Gasteiger partial charge in [-0.15, -0.1) is 0 Å². The summed E-state index contributed by atoms with van der Waals surface area (Å²) in [7, 11) is 0. The van der Waals surface area contributed by atoms with Crippen molar-refractivity contribution in [1.29, 1.82) is 0 Å². The number of anilines is 2. The van der Waals surface area contributed by atoms with Gasteiger partial charge in [0, 0.05) is 11.4 Å². The molecule has 0 fully saturated rings. The Kier molecular flexibility index (Phi) is 2.03. The zero-order chi connectivity index (χ0) is 8.43. The molecule has 60 valence electrons. The van der Waals surface area contributed by atoms with Crippen molar-refractivity contribution in [3.05, 3.63) is 23.8 Å². The average molecular weight is 150 g/mol. The third-order valence-corrected chi connectivity index (χ3v) is 1.73. The molecule has 0 heterocycles. The Labute approximate surface area is 67.2 Å². The van der Waals surface area contributed by atoms with E-state index in [1.807, 2.05) is 12.1 Å². The van der Waals surface area contributed by atoms with Gasteiger partial charge in [0.2, 0.25) is 0 Å². The largest absolute Gasteiger partial charge is 0.399 e. The van der Waals surface area contributed by atoms with Gasteiger partial charge in [-0.25, -0.2) is 0 Å². The van der Waals surface area contributed by atoms with Crippen molar-refractivity contribution in [3.63, 3.8) is 0 Å². The van der Waals surface area contributed by atoms with Crippen molar-refractivity contribution in [2.75, 3.05) is 11.5 Å². The molecule has 0 aliphatic heterocycles. The van der Waals surface area contributed by atoms with Gasteiger partial charge in [-0.05, 0) is 23.6 Å². The van der Waals surface area contributed by atoms with E-state index in [4.69, 9.17) is 11.5 Å². The lowest BCUT2D eigenvalue weighted by Gasteiger charge is -2.08. The monoisotopic (exact) mass is 150 g/mol. The predicted molar refractivity (Wildman–Crippen MR) is 49.4 cm³/mol. The lowest BCUT2D eigenvalue weighted by atomic mass is 10.0. The highest BCUT2D eigenvalue weighted by atomic mass is 14.6. The van der Waals surface area contributed by atoms with Gasteiger partial charge in [-0.3, -0.25) is 0 Å². The Bertz CT molecular complexity index is 254. The van der Waals surface area contributed by atoms with Crippen LogP contribution in [0.1, 0.15) is 25.3 Å². The zero-order valence-corrected chi connectivity index (χ0v) is 6.96. The van der Waals surface area contributed by atoms with E-state index in [2.05, 4.69) is 13.8 Å². The molecule has 0 aliphatic rings. The maximum atomic E-state index is 5.74. The second kappa shape index (κ2) is 2.82. The molecule has 1 aromatic rings. The first kappa shape index (κ1) is 7.92. The quantitative estimate of drug-likeness (QED) is 0.601. The average Bonchev–Trinajstić information content (AvgIpc) is 1.85. The van der Waals surface area contributed by atoms with E-state index in [9.17, 15) is 0 Å². The standard InChI is InChI=1S/C9H14N2/c1-6(2)8-4-3-7(10)5-9(8)11/h3-6H,10-11H2,1-2H3. The molecule has 0 unspecified atom stereocenters. The molecule has 11 heavy (non-hydrogen) atoms. The number of benzene rings is 1. The molecule has 0 saturated heterocycles. The fraction of sp³-hybridized carbons (Fsp3) is 0.333. The summed E-state index contributed by atoms with van der Waals surface area (Å²) in [5.41, 5.74) is 14.0. The highest BCUT2D eigenvalue weighted by Crippen LogP contribution is 2.23. The first-order chi connectivity index (χ1) is 5.11. The van der Waals surface area contributed by atoms with Crippen LogP contribution in [0.25, 0.3) is 0 Å². The SMILES string of the molecule is CC(C)c1ccc(N)cc1N. The summed E-state index contributed by atoms with van der Waals surface area (Å²) in [6.07, 6.45) is 0. The molecule has 0 aromatic heterocycles. The summed E-state index contributed by atoms with van der Waals surface area (Å²) in [5, 5.41) is 0. The molecule has 0 bridgehead atoms. The highest BCUT2D eigenvalue weighted by molar-refractivity contribution is 5.57. The molecule has 1 rings (SSSR count). The summed E-state index contributed by atoms with van der Waals surface area (Å²) in [6.45, 7) is 4.23. The maximum Gasteiger partial charge on any atom is 0.0369 e. The van der Waals surface area contributed by atoms with Crippen LogP contribution in [-0.2, 0) is 0 Å². The molecule has 1 aromatic carbocycles. The molecule has 0 aliphatic carbocycles. The molecule has 0 radical (unpaired) electrons. The van der Waals surface area contributed by atoms with E-state index in [0.29, 0.717) is 5.92 Å². The van der Waals surface area contributed by atoms with Gasteiger partial charge >= 0.3 is 0 Å². The summed E-state index contributed by atoms with van der Waals surface area (Å²) in [5.74, 6) is 0.468. The van der Waals surface area contributed by atoms with Crippen LogP contribution in [0.2, 0.25) is 0 Å². The molecule has 4 N–H and O–H groups in total. The van der Waals surface area contributed by atoms with Crippen molar-refractivity contribution in [1.82, 2.24) is 0 Å². The van der Waals surface area contributed by atoms with Crippen LogP contribution in [0.15, 0.2) is 18.2 Å². The summed E-state index contributed by atoms with van der Waals surface area (Å²) >= 11 is 0. The molecule has 0 atom stereocenters. The van der Waals surface area contributed by atoms with E-state index < -0.39 is 0 Å². The van der Waals surface area contributed by atoms with Gasteiger partial charge < -0.3 is 11.5 Å². The van der Waals surface area contributed by atoms with Gasteiger partial charge in [0.25, 0.3) is 0 Å². The Morgan fingerprint density at radius 1 is 1.18 bits per heavy atom. The lowest BCUT2D eigenvalue weighted by molar-refractivity contribution is 0.870. The molecule has 2 nitrogen and oxygen atoms in total. The van der Waals surface area contributed by atoms with E-state index in [1.165, 1.54) is 5.56 Å². The highest BCUT2D eigenvalue weighted by Gasteiger charge is 2.02. The smallest absolute Gasteiger partial charge is 0.0369 e. The third-order valence-electron chi connectivity index (χ3n) is 1.73. The third kappa shape index (κ3) is 1.64. The molecule has 0 saturated carbocycles. The topological polar surface area (TPSA) is 52.0 Å². The van der Waals surface area contributed by atoms with Crippen LogP contribution < -0.4 is 11.5 Å². The lowest BCUT2D eigenvalue weighted by Crippen LogP contribution is -1.97. The number of nitrogens with two attached hydrogens (primary N) is 2. The number of rotatable bonds is 1. The minimum absolute atomic E-state index is 0.468. The second-order valence-electron chi connectivity index (χ2n) is 3.04. The first-order valence-corrected chi connectivity index (χ1v) is 3.76. The second-order valence-corrected chi connectivity index (χ2v) is 3.04. The maximum absolute atomic E-state index is 5.74. The number of nitrogen functional groups attached to an aromatic ring is 2. The van der Waals surface area contributed by atoms with Gasteiger partial charge in [0.1, 0.15) is 0 Å². The van der Waals surface area contributed by atoms with Crippen LogP contribution >= 0.6 is 0 Å². The number of hydrogen-bond donors (Lipinski definition) is 2. The first-order valence-electron chi connectivity index (χ1n) is 3.76. The fourth-order valence-corrected chi connectivity index (χ4v) is 1.12. The Morgan fingerprint density at radius 2 is 1.82 bits per heavy atom. The van der Waals surface area contributed by atoms with Crippen molar-refractivity contribution >= 4 is 11.4 Å². The van der Waals surface area contributed by atoms with Crippen LogP contribution in [0.3, 0.4) is 0 Å². The molecular formula is C9H14N2.